The fraction of sp³-hybridized carbons (Fsp3) is 1.00. The van der Waals surface area contributed by atoms with Crippen molar-refractivity contribution in [1.29, 1.82) is 0 Å². The molecular weight excluding hydrogens is 168 g/mol. The Kier molecular flexibility index (Phi) is 2.26. The predicted molar refractivity (Wildman–Crippen MR) is 46.2 cm³/mol. The van der Waals surface area contributed by atoms with Crippen LogP contribution in [0.4, 0.5) is 0 Å². The van der Waals surface area contributed by atoms with Crippen LogP contribution in [0.25, 0.3) is 0 Å². The van der Waals surface area contributed by atoms with Gasteiger partial charge >= 0.3 is 0 Å². The van der Waals surface area contributed by atoms with E-state index in [4.69, 9.17) is 0 Å². The maximum atomic E-state index is 9.44. The second kappa shape index (κ2) is 2.59. The third kappa shape index (κ3) is 2.34. The highest BCUT2D eigenvalue weighted by Crippen LogP contribution is 2.40. The Hall–Kier alpha value is 0.620. The third-order valence-corrected chi connectivity index (χ3v) is 4.61. The topological polar surface area (TPSA) is 40.5 Å². The van der Waals surface area contributed by atoms with Crippen molar-refractivity contribution in [3.63, 3.8) is 0 Å². The minimum Gasteiger partial charge on any atom is -0.379 e. The first-order valence-corrected chi connectivity index (χ1v) is 5.11. The van der Waals surface area contributed by atoms with E-state index in [1.54, 1.807) is 13.8 Å². The molecule has 0 aliphatic carbocycles. The summed E-state index contributed by atoms with van der Waals surface area (Å²) in [6.07, 6.45) is 0. The fourth-order valence-corrected chi connectivity index (χ4v) is 2.84. The van der Waals surface area contributed by atoms with Crippen molar-refractivity contribution in [2.24, 2.45) is 0 Å². The van der Waals surface area contributed by atoms with Crippen molar-refractivity contribution in [2.75, 3.05) is 11.5 Å². The highest BCUT2D eigenvalue weighted by atomic mass is 32.2. The maximum absolute atomic E-state index is 9.44. The van der Waals surface area contributed by atoms with E-state index in [1.807, 2.05) is 0 Å². The van der Waals surface area contributed by atoms with Gasteiger partial charge in [-0.2, -0.15) is 0 Å². The first-order valence-electron chi connectivity index (χ1n) is 3.14. The first-order chi connectivity index (χ1) is 4.41. The molecule has 1 rings (SSSR count). The summed E-state index contributed by atoms with van der Waals surface area (Å²) in [7, 11) is 0. The molecule has 0 spiro atoms. The summed E-state index contributed by atoms with van der Waals surface area (Å²) in [6, 6.07) is 0. The van der Waals surface area contributed by atoms with Gasteiger partial charge in [-0.1, -0.05) is 0 Å². The van der Waals surface area contributed by atoms with Crippen LogP contribution in [0.5, 0.6) is 0 Å². The molecule has 0 aromatic rings. The molecule has 0 aromatic carbocycles. The Labute approximate surface area is 69.4 Å². The molecule has 1 heterocycles. The van der Waals surface area contributed by atoms with Gasteiger partial charge in [0.1, 0.15) is 9.87 Å². The Morgan fingerprint density at radius 1 is 1.00 bits per heavy atom. The van der Waals surface area contributed by atoms with Crippen molar-refractivity contribution in [1.82, 2.24) is 0 Å². The number of rotatable bonds is 0. The lowest BCUT2D eigenvalue weighted by molar-refractivity contribution is 0.155. The van der Waals surface area contributed by atoms with Crippen LogP contribution in [0.15, 0.2) is 0 Å². The van der Waals surface area contributed by atoms with Gasteiger partial charge in [-0.3, -0.25) is 0 Å². The van der Waals surface area contributed by atoms with Crippen LogP contribution in [0, 0.1) is 0 Å². The van der Waals surface area contributed by atoms with E-state index >= 15 is 0 Å². The quantitative estimate of drug-likeness (QED) is 0.580. The van der Waals surface area contributed by atoms with Gasteiger partial charge < -0.3 is 10.2 Å². The lowest BCUT2D eigenvalue weighted by Crippen LogP contribution is -2.37. The second-order valence-corrected chi connectivity index (χ2v) is 5.84. The summed E-state index contributed by atoms with van der Waals surface area (Å²) in [5.41, 5.74) is 0. The van der Waals surface area contributed by atoms with E-state index in [-0.39, 0.29) is 0 Å². The van der Waals surface area contributed by atoms with Gasteiger partial charge in [0.25, 0.3) is 0 Å². The third-order valence-electron chi connectivity index (χ3n) is 1.30. The van der Waals surface area contributed by atoms with Crippen LogP contribution in [0.1, 0.15) is 13.8 Å². The van der Waals surface area contributed by atoms with E-state index < -0.39 is 9.87 Å². The van der Waals surface area contributed by atoms with E-state index in [0.29, 0.717) is 11.5 Å². The van der Waals surface area contributed by atoms with E-state index in [2.05, 4.69) is 0 Å². The SMILES string of the molecule is C[C@]1(O)CS[C@@](C)(O)CS1. The number of aliphatic hydroxyl groups is 2. The molecule has 0 unspecified atom stereocenters. The first kappa shape index (κ1) is 8.71. The van der Waals surface area contributed by atoms with E-state index in [0.717, 1.165) is 0 Å². The predicted octanol–water partition coefficient (Wildman–Crippen LogP) is 0.883. The van der Waals surface area contributed by atoms with Crippen molar-refractivity contribution < 1.29 is 10.2 Å². The van der Waals surface area contributed by atoms with Crippen LogP contribution < -0.4 is 0 Å². The lowest BCUT2D eigenvalue weighted by atomic mass is 10.4. The van der Waals surface area contributed by atoms with Crippen LogP contribution in [0.2, 0.25) is 0 Å². The lowest BCUT2D eigenvalue weighted by Gasteiger charge is -2.35. The largest absolute Gasteiger partial charge is 0.379 e. The zero-order valence-corrected chi connectivity index (χ0v) is 7.76. The molecule has 60 valence electrons. The molecule has 0 bridgehead atoms. The molecule has 2 N–H and O–H groups in total. The van der Waals surface area contributed by atoms with Gasteiger partial charge in [0.15, 0.2) is 0 Å². The molecule has 1 aliphatic heterocycles. The second-order valence-electron chi connectivity index (χ2n) is 2.93. The highest BCUT2D eigenvalue weighted by molar-refractivity contribution is 8.07. The minimum absolute atomic E-state index is 0.602. The molecule has 10 heavy (non-hydrogen) atoms. The van der Waals surface area contributed by atoms with Crippen molar-refractivity contribution in [3.05, 3.63) is 0 Å². The van der Waals surface area contributed by atoms with Gasteiger partial charge in [0, 0.05) is 11.5 Å². The normalized spacial score (nSPS) is 49.2. The van der Waals surface area contributed by atoms with Gasteiger partial charge in [-0.25, -0.2) is 0 Å². The molecule has 0 radical (unpaired) electrons. The number of hydrogen-bond donors (Lipinski definition) is 2. The highest BCUT2D eigenvalue weighted by Gasteiger charge is 2.35. The standard InChI is InChI=1S/C6H12O2S2/c1-5(7)3-10-6(2,8)4-9-5/h7-8H,3-4H2,1-2H3/t5-,6-/m1/s1. The van der Waals surface area contributed by atoms with Crippen LogP contribution in [-0.4, -0.2) is 31.6 Å². The molecule has 0 aromatic heterocycles. The van der Waals surface area contributed by atoms with Gasteiger partial charge in [0.2, 0.25) is 0 Å². The smallest absolute Gasteiger partial charge is 0.116 e. The summed E-state index contributed by atoms with van der Waals surface area (Å²) in [4.78, 5) is -1.29. The van der Waals surface area contributed by atoms with Crippen molar-refractivity contribution in [3.8, 4) is 0 Å². The van der Waals surface area contributed by atoms with E-state index in [1.165, 1.54) is 23.5 Å². The van der Waals surface area contributed by atoms with Gasteiger partial charge in [0.05, 0.1) is 0 Å². The van der Waals surface area contributed by atoms with Crippen LogP contribution in [-0.2, 0) is 0 Å². The summed E-state index contributed by atoms with van der Waals surface area (Å²) in [5.74, 6) is 1.20. The zero-order chi connectivity index (χ0) is 7.83. The number of thioether (sulfide) groups is 2. The Morgan fingerprint density at radius 3 is 1.50 bits per heavy atom. The summed E-state index contributed by atoms with van der Waals surface area (Å²) >= 11 is 2.82. The molecule has 1 fully saturated rings. The summed E-state index contributed by atoms with van der Waals surface area (Å²) < 4.78 is 0. The summed E-state index contributed by atoms with van der Waals surface area (Å²) in [5, 5.41) is 18.9. The minimum atomic E-state index is -0.646. The monoisotopic (exact) mass is 180 g/mol. The van der Waals surface area contributed by atoms with Crippen LogP contribution >= 0.6 is 23.5 Å². The van der Waals surface area contributed by atoms with Crippen LogP contribution in [0.3, 0.4) is 0 Å². The average molecular weight is 180 g/mol. The van der Waals surface area contributed by atoms with Crippen molar-refractivity contribution in [2.45, 2.75) is 23.7 Å². The molecule has 0 saturated carbocycles. The number of hydrogen-bond acceptors (Lipinski definition) is 4. The Balaban J connectivity index is 2.46. The average Bonchev–Trinajstić information content (AvgIpc) is 1.79. The molecule has 2 nitrogen and oxygen atoms in total. The maximum Gasteiger partial charge on any atom is 0.116 e. The van der Waals surface area contributed by atoms with Gasteiger partial charge in [-0.15, -0.1) is 23.5 Å². The molecule has 1 aliphatic rings. The van der Waals surface area contributed by atoms with Crippen molar-refractivity contribution >= 4 is 23.5 Å². The molecule has 0 amide bonds. The Bertz CT molecular complexity index is 106. The molecule has 1 saturated heterocycles. The molecule has 2 atom stereocenters. The molecular formula is C6H12O2S2. The fourth-order valence-electron chi connectivity index (χ4n) is 0.662. The van der Waals surface area contributed by atoms with E-state index in [9.17, 15) is 10.2 Å². The summed E-state index contributed by atoms with van der Waals surface area (Å²) in [6.45, 7) is 3.56. The van der Waals surface area contributed by atoms with Gasteiger partial charge in [-0.05, 0) is 13.8 Å². The molecule has 4 heteroatoms. The Morgan fingerprint density at radius 2 is 1.30 bits per heavy atom. The zero-order valence-electron chi connectivity index (χ0n) is 6.13.